The van der Waals surface area contributed by atoms with Crippen LogP contribution in [0.2, 0.25) is 0 Å². The first-order chi connectivity index (χ1) is 13.4. The van der Waals surface area contributed by atoms with Crippen LogP contribution in [0.5, 0.6) is 5.75 Å². The monoisotopic (exact) mass is 383 g/mol. The molecule has 1 saturated carbocycles. The first-order valence-electron chi connectivity index (χ1n) is 9.46. The summed E-state index contributed by atoms with van der Waals surface area (Å²) in [7, 11) is 0. The number of nitro groups is 1. The molecule has 0 radical (unpaired) electrons. The molecule has 2 amide bonds. The van der Waals surface area contributed by atoms with Crippen molar-refractivity contribution in [3.63, 3.8) is 0 Å². The molecule has 1 aromatic rings. The minimum atomic E-state index is -0.519. The summed E-state index contributed by atoms with van der Waals surface area (Å²) in [5, 5.41) is 16.4. The van der Waals surface area contributed by atoms with Gasteiger partial charge in [-0.25, -0.2) is 0 Å². The van der Waals surface area contributed by atoms with Crippen molar-refractivity contribution in [2.45, 2.75) is 32.8 Å². The van der Waals surface area contributed by atoms with E-state index in [1.165, 1.54) is 18.3 Å². The first kappa shape index (κ1) is 18.3. The Morgan fingerprint density at radius 3 is 2.50 bits per heavy atom. The molecular weight excluding hydrogens is 362 g/mol. The second kappa shape index (κ2) is 6.85. The van der Waals surface area contributed by atoms with Crippen LogP contribution in [0.1, 0.15) is 32.3 Å². The molecule has 1 aromatic carbocycles. The van der Waals surface area contributed by atoms with Gasteiger partial charge in [-0.1, -0.05) is 25.1 Å². The third kappa shape index (κ3) is 2.80. The molecule has 1 saturated heterocycles. The fraction of sp³-hybridized carbons (Fsp3) is 0.450. The minimum Gasteiger partial charge on any atom is -0.483 e. The Hall–Kier alpha value is -3.03. The van der Waals surface area contributed by atoms with Gasteiger partial charge in [-0.3, -0.25) is 19.7 Å². The molecule has 0 spiro atoms. The van der Waals surface area contributed by atoms with Crippen molar-refractivity contribution in [1.82, 2.24) is 5.01 Å². The summed E-state index contributed by atoms with van der Waals surface area (Å²) in [4.78, 5) is 36.3. The highest BCUT2D eigenvalue weighted by Crippen LogP contribution is 2.52. The number of allylic oxidation sites excluding steroid dienone is 2. The van der Waals surface area contributed by atoms with Crippen molar-refractivity contribution >= 4 is 23.7 Å². The summed E-state index contributed by atoms with van der Waals surface area (Å²) in [5.41, 5.74) is 0.177. The van der Waals surface area contributed by atoms with Crippen LogP contribution in [0, 0.1) is 33.8 Å². The number of imide groups is 1. The second-order valence-corrected chi connectivity index (χ2v) is 7.52. The van der Waals surface area contributed by atoms with Crippen LogP contribution in [0.3, 0.4) is 0 Å². The Morgan fingerprint density at radius 1 is 1.29 bits per heavy atom. The van der Waals surface area contributed by atoms with Gasteiger partial charge in [0, 0.05) is 11.6 Å². The van der Waals surface area contributed by atoms with Crippen molar-refractivity contribution in [2.75, 3.05) is 0 Å². The molecule has 2 fully saturated rings. The fourth-order valence-corrected chi connectivity index (χ4v) is 4.32. The lowest BCUT2D eigenvalue weighted by Crippen LogP contribution is -2.28. The highest BCUT2D eigenvalue weighted by atomic mass is 16.6. The molecule has 4 rings (SSSR count). The number of fused-ring (bicyclic) bond motifs is 5. The number of hydrazone groups is 1. The maximum Gasteiger partial charge on any atom is 0.311 e. The Balaban J connectivity index is 1.63. The van der Waals surface area contributed by atoms with Crippen molar-refractivity contribution in [3.8, 4) is 5.75 Å². The number of nitrogens with zero attached hydrogens (tertiary/aromatic N) is 3. The number of carbonyl (C=O) groups is 2. The second-order valence-electron chi connectivity index (χ2n) is 7.52. The number of ether oxygens (including phenoxy) is 1. The van der Waals surface area contributed by atoms with E-state index < -0.39 is 4.92 Å². The van der Waals surface area contributed by atoms with Crippen LogP contribution in [-0.2, 0) is 9.59 Å². The van der Waals surface area contributed by atoms with E-state index in [4.69, 9.17) is 4.74 Å². The standard InChI is InChI=1S/C20H21N3O5/c1-3-11(2)28-18-14(5-4-6-15(18)23(26)27)10-21-22-19(24)16-12-7-8-13(9-12)17(16)20(22)25/h4-8,10-13,16-17H,3,9H2,1-2H3/t11-,12+,13+,16-,17+/m1/s1. The van der Waals surface area contributed by atoms with E-state index in [0.29, 0.717) is 12.0 Å². The summed E-state index contributed by atoms with van der Waals surface area (Å²) in [6.45, 7) is 3.73. The van der Waals surface area contributed by atoms with Gasteiger partial charge in [0.05, 0.1) is 29.1 Å². The third-order valence-electron chi connectivity index (χ3n) is 5.87. The minimum absolute atomic E-state index is 0.0895. The topological polar surface area (TPSA) is 102 Å². The molecule has 1 heterocycles. The van der Waals surface area contributed by atoms with E-state index in [9.17, 15) is 19.7 Å². The zero-order valence-electron chi connectivity index (χ0n) is 15.6. The van der Waals surface area contributed by atoms with Crippen molar-refractivity contribution in [1.29, 1.82) is 0 Å². The average molecular weight is 383 g/mol. The van der Waals surface area contributed by atoms with Gasteiger partial charge in [0.15, 0.2) is 0 Å². The van der Waals surface area contributed by atoms with Crippen molar-refractivity contribution in [2.24, 2.45) is 28.8 Å². The quantitative estimate of drug-likeness (QED) is 0.247. The highest BCUT2D eigenvalue weighted by Gasteiger charge is 2.59. The van der Waals surface area contributed by atoms with Crippen LogP contribution in [-0.4, -0.2) is 34.1 Å². The molecule has 8 nitrogen and oxygen atoms in total. The van der Waals surface area contributed by atoms with Gasteiger partial charge in [0.25, 0.3) is 11.8 Å². The van der Waals surface area contributed by atoms with Crippen LogP contribution in [0.4, 0.5) is 5.69 Å². The largest absolute Gasteiger partial charge is 0.483 e. The number of amides is 2. The van der Waals surface area contributed by atoms with Crippen LogP contribution in [0.15, 0.2) is 35.5 Å². The predicted octanol–water partition coefficient (Wildman–Crippen LogP) is 2.91. The van der Waals surface area contributed by atoms with Crippen molar-refractivity contribution in [3.05, 3.63) is 46.0 Å². The maximum absolute atomic E-state index is 12.7. The van der Waals surface area contributed by atoms with Gasteiger partial charge in [-0.15, -0.1) is 0 Å². The SMILES string of the molecule is CC[C@@H](C)Oc1c(C=NN2C(=O)[C@@H]3[C@H](C2=O)[C@H]2C=C[C@H]3C2)cccc1[N+](=O)[O-]. The molecule has 8 heteroatoms. The molecule has 0 aromatic heterocycles. The predicted molar refractivity (Wildman–Crippen MR) is 101 cm³/mol. The number of benzene rings is 1. The molecule has 3 aliphatic rings. The molecule has 0 N–H and O–H groups in total. The normalized spacial score (nSPS) is 29.0. The van der Waals surface area contributed by atoms with E-state index >= 15 is 0 Å². The summed E-state index contributed by atoms with van der Waals surface area (Å²) >= 11 is 0. The van der Waals surface area contributed by atoms with E-state index in [1.54, 1.807) is 6.07 Å². The van der Waals surface area contributed by atoms with E-state index in [2.05, 4.69) is 5.10 Å². The first-order valence-corrected chi connectivity index (χ1v) is 9.46. The summed E-state index contributed by atoms with van der Waals surface area (Å²) in [5.74, 6) is -0.953. The van der Waals surface area contributed by atoms with Gasteiger partial charge in [-0.2, -0.15) is 10.1 Å². The summed E-state index contributed by atoms with van der Waals surface area (Å²) in [6, 6.07) is 4.50. The van der Waals surface area contributed by atoms with Gasteiger partial charge in [-0.05, 0) is 37.7 Å². The Morgan fingerprint density at radius 2 is 1.93 bits per heavy atom. The molecule has 1 aliphatic heterocycles. The number of hydrogen-bond donors (Lipinski definition) is 0. The molecular formula is C20H21N3O5. The smallest absolute Gasteiger partial charge is 0.311 e. The molecule has 2 aliphatic carbocycles. The van der Waals surface area contributed by atoms with E-state index in [-0.39, 0.29) is 53.0 Å². The molecule has 28 heavy (non-hydrogen) atoms. The third-order valence-corrected chi connectivity index (χ3v) is 5.87. The Bertz CT molecular complexity index is 879. The van der Waals surface area contributed by atoms with Crippen LogP contribution < -0.4 is 4.74 Å². The highest BCUT2D eigenvalue weighted by molar-refractivity contribution is 6.07. The maximum atomic E-state index is 12.7. The summed E-state index contributed by atoms with van der Waals surface area (Å²) in [6.07, 6.45) is 6.62. The zero-order valence-corrected chi connectivity index (χ0v) is 15.6. The van der Waals surface area contributed by atoms with E-state index in [1.807, 2.05) is 26.0 Å². The van der Waals surface area contributed by atoms with Crippen LogP contribution >= 0.6 is 0 Å². The summed E-state index contributed by atoms with van der Waals surface area (Å²) < 4.78 is 5.74. The lowest BCUT2D eigenvalue weighted by Gasteiger charge is -2.15. The Labute approximate surface area is 162 Å². The van der Waals surface area contributed by atoms with Gasteiger partial charge in [0.1, 0.15) is 0 Å². The number of carbonyl (C=O) groups excluding carboxylic acids is 2. The van der Waals surface area contributed by atoms with Gasteiger partial charge >= 0.3 is 5.69 Å². The van der Waals surface area contributed by atoms with Crippen LogP contribution in [0.25, 0.3) is 0 Å². The lowest BCUT2D eigenvalue weighted by atomic mass is 9.85. The lowest BCUT2D eigenvalue weighted by molar-refractivity contribution is -0.386. The van der Waals surface area contributed by atoms with Crippen molar-refractivity contribution < 1.29 is 19.2 Å². The molecule has 0 unspecified atom stereocenters. The zero-order chi connectivity index (χ0) is 20.0. The van der Waals surface area contributed by atoms with Gasteiger partial charge < -0.3 is 4.74 Å². The molecule has 146 valence electrons. The molecule has 2 bridgehead atoms. The Kier molecular flexibility index (Phi) is 4.49. The molecule has 5 atom stereocenters. The number of rotatable bonds is 6. The number of nitro benzene ring substituents is 1. The fourth-order valence-electron chi connectivity index (χ4n) is 4.32. The number of hydrogen-bond acceptors (Lipinski definition) is 6. The van der Waals surface area contributed by atoms with Gasteiger partial charge in [0.2, 0.25) is 5.75 Å². The number of para-hydroxylation sites is 1. The van der Waals surface area contributed by atoms with E-state index in [0.717, 1.165) is 11.4 Å². The average Bonchev–Trinajstić information content (AvgIpc) is 3.35.